The molecule has 0 aromatic carbocycles. The van der Waals surface area contributed by atoms with Crippen LogP contribution in [-0.2, 0) is 4.74 Å². The maximum Gasteiger partial charge on any atom is 0.156 e. The lowest BCUT2D eigenvalue weighted by Gasteiger charge is -2.12. The molecule has 1 aliphatic carbocycles. The number of hydrogen-bond acceptors (Lipinski definition) is 4. The van der Waals surface area contributed by atoms with Crippen LogP contribution in [-0.4, -0.2) is 36.7 Å². The second-order valence-corrected chi connectivity index (χ2v) is 6.57. The molecule has 0 aromatic rings. The van der Waals surface area contributed by atoms with Gasteiger partial charge in [-0.05, 0) is 31.1 Å². The minimum Gasteiger partial charge on any atom is -0.381 e. The SMILES string of the molecule is CC(C)C1CN=C(NCCCOCC2CC2)S1. The van der Waals surface area contributed by atoms with Gasteiger partial charge in [0.1, 0.15) is 0 Å². The third-order valence-corrected chi connectivity index (χ3v) is 4.71. The number of nitrogens with one attached hydrogen (secondary N) is 1. The number of rotatable bonds is 7. The topological polar surface area (TPSA) is 33.6 Å². The summed E-state index contributed by atoms with van der Waals surface area (Å²) in [6.45, 7) is 8.36. The van der Waals surface area contributed by atoms with Crippen LogP contribution in [0.25, 0.3) is 0 Å². The van der Waals surface area contributed by atoms with Crippen molar-refractivity contribution >= 4 is 16.9 Å². The summed E-state index contributed by atoms with van der Waals surface area (Å²) >= 11 is 1.90. The lowest BCUT2D eigenvalue weighted by molar-refractivity contribution is 0.123. The van der Waals surface area contributed by atoms with Gasteiger partial charge in [-0.25, -0.2) is 0 Å². The minimum absolute atomic E-state index is 0.670. The highest BCUT2D eigenvalue weighted by molar-refractivity contribution is 8.14. The van der Waals surface area contributed by atoms with Crippen LogP contribution in [0.1, 0.15) is 33.1 Å². The summed E-state index contributed by atoms with van der Waals surface area (Å²) in [6, 6.07) is 0. The highest BCUT2D eigenvalue weighted by atomic mass is 32.2. The van der Waals surface area contributed by atoms with Crippen molar-refractivity contribution in [3.05, 3.63) is 0 Å². The van der Waals surface area contributed by atoms with E-state index in [1.165, 1.54) is 12.8 Å². The van der Waals surface area contributed by atoms with Crippen molar-refractivity contribution in [2.45, 2.75) is 38.4 Å². The summed E-state index contributed by atoms with van der Waals surface area (Å²) in [7, 11) is 0. The van der Waals surface area contributed by atoms with Crippen LogP contribution < -0.4 is 5.32 Å². The first kappa shape index (κ1) is 13.2. The predicted molar refractivity (Wildman–Crippen MR) is 74.7 cm³/mol. The summed E-state index contributed by atoms with van der Waals surface area (Å²) in [5.41, 5.74) is 0. The van der Waals surface area contributed by atoms with E-state index in [-0.39, 0.29) is 0 Å². The molecule has 1 N–H and O–H groups in total. The lowest BCUT2D eigenvalue weighted by Crippen LogP contribution is -2.22. The Labute approximate surface area is 109 Å². The number of hydrogen-bond donors (Lipinski definition) is 1. The van der Waals surface area contributed by atoms with E-state index in [2.05, 4.69) is 24.2 Å². The number of aliphatic imine (C=N–C) groups is 1. The smallest absolute Gasteiger partial charge is 0.156 e. The van der Waals surface area contributed by atoms with E-state index < -0.39 is 0 Å². The molecule has 0 amide bonds. The third-order valence-electron chi connectivity index (χ3n) is 3.21. The molecule has 4 heteroatoms. The van der Waals surface area contributed by atoms with Gasteiger partial charge in [0.05, 0.1) is 6.54 Å². The van der Waals surface area contributed by atoms with Crippen LogP contribution in [0, 0.1) is 11.8 Å². The van der Waals surface area contributed by atoms with Gasteiger partial charge >= 0.3 is 0 Å². The largest absolute Gasteiger partial charge is 0.381 e. The van der Waals surface area contributed by atoms with Crippen LogP contribution in [0.4, 0.5) is 0 Å². The van der Waals surface area contributed by atoms with E-state index in [1.54, 1.807) is 0 Å². The molecule has 0 radical (unpaired) electrons. The molecule has 98 valence electrons. The van der Waals surface area contributed by atoms with Crippen molar-refractivity contribution in [3.63, 3.8) is 0 Å². The summed E-state index contributed by atoms with van der Waals surface area (Å²) in [5, 5.41) is 5.20. The highest BCUT2D eigenvalue weighted by Crippen LogP contribution is 2.28. The van der Waals surface area contributed by atoms with Gasteiger partial charge in [0, 0.05) is 25.0 Å². The first-order valence-corrected chi connectivity index (χ1v) is 7.66. The van der Waals surface area contributed by atoms with Gasteiger partial charge in [-0.15, -0.1) is 0 Å². The zero-order valence-electron chi connectivity index (χ0n) is 10.9. The van der Waals surface area contributed by atoms with E-state index >= 15 is 0 Å². The first-order chi connectivity index (χ1) is 8.25. The summed E-state index contributed by atoms with van der Waals surface area (Å²) in [6.07, 6.45) is 3.84. The summed E-state index contributed by atoms with van der Waals surface area (Å²) < 4.78 is 5.59. The van der Waals surface area contributed by atoms with Crippen molar-refractivity contribution in [2.75, 3.05) is 26.3 Å². The summed E-state index contributed by atoms with van der Waals surface area (Å²) in [5.74, 6) is 1.59. The second kappa shape index (κ2) is 6.64. The average Bonchev–Trinajstić information content (AvgIpc) is 3.00. The van der Waals surface area contributed by atoms with Crippen molar-refractivity contribution in [2.24, 2.45) is 16.8 Å². The number of ether oxygens (including phenoxy) is 1. The molecule has 2 rings (SSSR count). The Morgan fingerprint density at radius 3 is 2.94 bits per heavy atom. The van der Waals surface area contributed by atoms with Crippen LogP contribution >= 0.6 is 11.8 Å². The molecular weight excluding hydrogens is 232 g/mol. The molecule has 0 aromatic heterocycles. The van der Waals surface area contributed by atoms with E-state index in [0.717, 1.165) is 43.8 Å². The maximum absolute atomic E-state index is 5.59. The van der Waals surface area contributed by atoms with Gasteiger partial charge < -0.3 is 10.1 Å². The van der Waals surface area contributed by atoms with Gasteiger partial charge in [-0.2, -0.15) is 0 Å². The van der Waals surface area contributed by atoms with E-state index in [4.69, 9.17) is 4.74 Å². The number of nitrogens with zero attached hydrogens (tertiary/aromatic N) is 1. The summed E-state index contributed by atoms with van der Waals surface area (Å²) in [4.78, 5) is 4.52. The molecular formula is C13H24N2OS. The van der Waals surface area contributed by atoms with Gasteiger partial charge in [0.2, 0.25) is 0 Å². The molecule has 3 nitrogen and oxygen atoms in total. The Hall–Kier alpha value is -0.220. The predicted octanol–water partition coefficient (Wildman–Crippen LogP) is 2.52. The Morgan fingerprint density at radius 2 is 2.29 bits per heavy atom. The zero-order chi connectivity index (χ0) is 12.1. The molecule has 1 saturated carbocycles. The number of thioether (sulfide) groups is 1. The Balaban J connectivity index is 1.45. The monoisotopic (exact) mass is 256 g/mol. The van der Waals surface area contributed by atoms with Crippen molar-refractivity contribution in [1.29, 1.82) is 0 Å². The quantitative estimate of drug-likeness (QED) is 0.711. The lowest BCUT2D eigenvalue weighted by atomic mass is 10.1. The van der Waals surface area contributed by atoms with Crippen molar-refractivity contribution < 1.29 is 4.74 Å². The molecule has 17 heavy (non-hydrogen) atoms. The van der Waals surface area contributed by atoms with Gasteiger partial charge in [0.25, 0.3) is 0 Å². The molecule has 1 unspecified atom stereocenters. The fraction of sp³-hybridized carbons (Fsp3) is 0.923. The number of amidine groups is 1. The van der Waals surface area contributed by atoms with Crippen LogP contribution in [0.15, 0.2) is 4.99 Å². The molecule has 0 spiro atoms. The fourth-order valence-corrected chi connectivity index (χ4v) is 2.78. The van der Waals surface area contributed by atoms with Gasteiger partial charge in [-0.1, -0.05) is 25.6 Å². The zero-order valence-corrected chi connectivity index (χ0v) is 11.8. The Bertz CT molecular complexity index is 264. The van der Waals surface area contributed by atoms with Crippen molar-refractivity contribution in [1.82, 2.24) is 5.32 Å². The normalized spacial score (nSPS) is 24.2. The van der Waals surface area contributed by atoms with Gasteiger partial charge in [-0.3, -0.25) is 4.99 Å². The molecule has 1 fully saturated rings. The van der Waals surface area contributed by atoms with E-state index in [1.807, 2.05) is 11.8 Å². The molecule has 0 bridgehead atoms. The van der Waals surface area contributed by atoms with E-state index in [0.29, 0.717) is 11.2 Å². The average molecular weight is 256 g/mol. The maximum atomic E-state index is 5.59. The van der Waals surface area contributed by atoms with Crippen LogP contribution in [0.5, 0.6) is 0 Å². The standard InChI is InChI=1S/C13H24N2OS/c1-10(2)12-8-15-13(17-12)14-6-3-7-16-9-11-4-5-11/h10-12H,3-9H2,1-2H3,(H,14,15). The minimum atomic E-state index is 0.670. The van der Waals surface area contributed by atoms with E-state index in [9.17, 15) is 0 Å². The Kier molecular flexibility index (Phi) is 5.16. The second-order valence-electron chi connectivity index (χ2n) is 5.34. The molecule has 2 aliphatic rings. The molecule has 1 atom stereocenters. The first-order valence-electron chi connectivity index (χ1n) is 6.78. The molecule has 1 aliphatic heterocycles. The Morgan fingerprint density at radius 1 is 1.47 bits per heavy atom. The van der Waals surface area contributed by atoms with Crippen LogP contribution in [0.3, 0.4) is 0 Å². The fourth-order valence-electron chi connectivity index (χ4n) is 1.74. The third kappa shape index (κ3) is 4.88. The highest BCUT2D eigenvalue weighted by Gasteiger charge is 2.22. The van der Waals surface area contributed by atoms with Gasteiger partial charge in [0.15, 0.2) is 5.17 Å². The van der Waals surface area contributed by atoms with Crippen LogP contribution in [0.2, 0.25) is 0 Å². The molecule has 0 saturated heterocycles. The van der Waals surface area contributed by atoms with Crippen molar-refractivity contribution in [3.8, 4) is 0 Å². The molecule has 1 heterocycles.